The van der Waals surface area contributed by atoms with Gasteiger partial charge in [-0.05, 0) is 6.42 Å². The molecule has 72 valence electrons. The molecule has 1 saturated heterocycles. The van der Waals surface area contributed by atoms with Crippen LogP contribution >= 0.6 is 0 Å². The van der Waals surface area contributed by atoms with E-state index in [1.807, 2.05) is 13.0 Å². The first-order chi connectivity index (χ1) is 6.27. The van der Waals surface area contributed by atoms with Crippen LogP contribution in [0.3, 0.4) is 0 Å². The van der Waals surface area contributed by atoms with Gasteiger partial charge in [0, 0.05) is 6.54 Å². The molecule has 0 radical (unpaired) electrons. The Morgan fingerprint density at radius 2 is 2.38 bits per heavy atom. The summed E-state index contributed by atoms with van der Waals surface area (Å²) in [7, 11) is 0. The van der Waals surface area contributed by atoms with E-state index in [1.165, 1.54) is 0 Å². The van der Waals surface area contributed by atoms with Crippen LogP contribution in [0.5, 0.6) is 0 Å². The number of unbranched alkanes of at least 4 members (excludes halogenated alkanes) is 1. The predicted octanol–water partition coefficient (Wildman–Crippen LogP) is -0.0427. The first kappa shape index (κ1) is 9.77. The average molecular weight is 182 g/mol. The average Bonchev–Trinajstić information content (AvgIpc) is 2.16. The lowest BCUT2D eigenvalue weighted by atomic mass is 10.2. The summed E-state index contributed by atoms with van der Waals surface area (Å²) in [5, 5.41) is 5.51. The van der Waals surface area contributed by atoms with Gasteiger partial charge in [-0.1, -0.05) is 19.4 Å². The largest absolute Gasteiger partial charge is 0.378 e. The van der Waals surface area contributed by atoms with Crippen molar-refractivity contribution in [2.24, 2.45) is 0 Å². The number of rotatable bonds is 3. The molecule has 1 aliphatic rings. The molecule has 0 saturated carbocycles. The number of piperazine rings is 1. The Bertz CT molecular complexity index is 236. The molecule has 1 unspecified atom stereocenters. The van der Waals surface area contributed by atoms with E-state index in [1.54, 1.807) is 0 Å². The molecular formula is C9H14N2O2. The van der Waals surface area contributed by atoms with E-state index in [-0.39, 0.29) is 11.9 Å². The van der Waals surface area contributed by atoms with Gasteiger partial charge in [-0.2, -0.15) is 0 Å². The molecule has 1 atom stereocenters. The van der Waals surface area contributed by atoms with E-state index in [0.29, 0.717) is 12.2 Å². The third-order valence-corrected chi connectivity index (χ3v) is 1.87. The van der Waals surface area contributed by atoms with Crippen molar-refractivity contribution in [2.75, 3.05) is 6.54 Å². The zero-order valence-electron chi connectivity index (χ0n) is 7.67. The highest BCUT2D eigenvalue weighted by Gasteiger charge is 2.20. The smallest absolute Gasteiger partial charge is 0.267 e. The van der Waals surface area contributed by atoms with Gasteiger partial charge in [0.2, 0.25) is 0 Å². The lowest BCUT2D eigenvalue weighted by Crippen LogP contribution is -2.51. The van der Waals surface area contributed by atoms with Crippen LogP contribution in [0.4, 0.5) is 0 Å². The van der Waals surface area contributed by atoms with Gasteiger partial charge in [-0.25, -0.2) is 0 Å². The summed E-state index contributed by atoms with van der Waals surface area (Å²) >= 11 is 0. The lowest BCUT2D eigenvalue weighted by Gasteiger charge is -2.22. The SMILES string of the molecule is CCC/C=C1\NCC(C=O)NC1=O. The van der Waals surface area contributed by atoms with Crippen molar-refractivity contribution in [2.45, 2.75) is 25.8 Å². The Labute approximate surface area is 77.4 Å². The molecule has 13 heavy (non-hydrogen) atoms. The first-order valence-electron chi connectivity index (χ1n) is 4.48. The zero-order chi connectivity index (χ0) is 9.68. The summed E-state index contributed by atoms with van der Waals surface area (Å²) < 4.78 is 0. The number of nitrogens with one attached hydrogen (secondary N) is 2. The number of hydrogen-bond donors (Lipinski definition) is 2. The highest BCUT2D eigenvalue weighted by atomic mass is 16.2. The molecule has 1 aliphatic heterocycles. The van der Waals surface area contributed by atoms with Gasteiger partial charge >= 0.3 is 0 Å². The number of allylic oxidation sites excluding steroid dienone is 1. The number of aldehydes is 1. The maximum absolute atomic E-state index is 11.3. The number of carbonyl (C=O) groups is 2. The van der Waals surface area contributed by atoms with Crippen molar-refractivity contribution in [1.29, 1.82) is 0 Å². The molecule has 0 spiro atoms. The molecule has 1 rings (SSSR count). The fraction of sp³-hybridized carbons (Fsp3) is 0.556. The second-order valence-corrected chi connectivity index (χ2v) is 3.00. The third kappa shape index (κ3) is 2.57. The second-order valence-electron chi connectivity index (χ2n) is 3.00. The normalized spacial score (nSPS) is 25.2. The van der Waals surface area contributed by atoms with Crippen LogP contribution in [0.1, 0.15) is 19.8 Å². The van der Waals surface area contributed by atoms with Crippen LogP contribution in [0.15, 0.2) is 11.8 Å². The molecule has 2 N–H and O–H groups in total. The summed E-state index contributed by atoms with van der Waals surface area (Å²) in [5.74, 6) is -0.184. The van der Waals surface area contributed by atoms with E-state index in [4.69, 9.17) is 0 Å². The number of hydrogen-bond acceptors (Lipinski definition) is 3. The highest BCUT2D eigenvalue weighted by Crippen LogP contribution is 2.00. The zero-order valence-corrected chi connectivity index (χ0v) is 7.67. The minimum absolute atomic E-state index is 0.184. The Kier molecular flexibility index (Phi) is 3.49. The van der Waals surface area contributed by atoms with Crippen LogP contribution in [0.2, 0.25) is 0 Å². The first-order valence-corrected chi connectivity index (χ1v) is 4.48. The minimum atomic E-state index is -0.383. The van der Waals surface area contributed by atoms with Crippen molar-refractivity contribution in [3.8, 4) is 0 Å². The van der Waals surface area contributed by atoms with E-state index in [9.17, 15) is 9.59 Å². The molecule has 0 aromatic heterocycles. The minimum Gasteiger partial charge on any atom is -0.378 e. The molecule has 0 aromatic rings. The van der Waals surface area contributed by atoms with Crippen molar-refractivity contribution >= 4 is 12.2 Å². The van der Waals surface area contributed by atoms with Crippen LogP contribution in [0.25, 0.3) is 0 Å². The molecule has 1 amide bonds. The lowest BCUT2D eigenvalue weighted by molar-refractivity contribution is -0.122. The molecule has 4 heteroatoms. The van der Waals surface area contributed by atoms with Crippen LogP contribution in [-0.4, -0.2) is 24.8 Å². The van der Waals surface area contributed by atoms with Gasteiger partial charge in [0.05, 0.1) is 5.70 Å². The van der Waals surface area contributed by atoms with Crippen LogP contribution in [-0.2, 0) is 9.59 Å². The van der Waals surface area contributed by atoms with Gasteiger partial charge in [0.25, 0.3) is 5.91 Å². The van der Waals surface area contributed by atoms with E-state index in [2.05, 4.69) is 10.6 Å². The van der Waals surface area contributed by atoms with Crippen molar-refractivity contribution in [1.82, 2.24) is 10.6 Å². The Morgan fingerprint density at radius 3 is 2.92 bits per heavy atom. The summed E-state index contributed by atoms with van der Waals surface area (Å²) in [4.78, 5) is 21.6. The predicted molar refractivity (Wildman–Crippen MR) is 49.0 cm³/mol. The van der Waals surface area contributed by atoms with E-state index in [0.717, 1.165) is 19.1 Å². The standard InChI is InChI=1S/C9H14N2O2/c1-2-3-4-8-9(13)11-7(6-12)5-10-8/h4,6-7,10H,2-3,5H2,1H3,(H,11,13)/b8-4-. The number of amides is 1. The Morgan fingerprint density at radius 1 is 1.62 bits per heavy atom. The second kappa shape index (κ2) is 4.64. The maximum atomic E-state index is 11.3. The third-order valence-electron chi connectivity index (χ3n) is 1.87. The quantitative estimate of drug-likeness (QED) is 0.475. The summed E-state index contributed by atoms with van der Waals surface area (Å²) in [6.45, 7) is 2.54. The van der Waals surface area contributed by atoms with Crippen LogP contribution in [0, 0.1) is 0 Å². The van der Waals surface area contributed by atoms with Crippen LogP contribution < -0.4 is 10.6 Å². The maximum Gasteiger partial charge on any atom is 0.267 e. The fourth-order valence-electron chi connectivity index (χ4n) is 1.13. The number of carbonyl (C=O) groups excluding carboxylic acids is 2. The van der Waals surface area contributed by atoms with E-state index < -0.39 is 0 Å². The summed E-state index contributed by atoms with van der Waals surface area (Å²) in [6.07, 6.45) is 4.48. The Hall–Kier alpha value is -1.32. The van der Waals surface area contributed by atoms with E-state index >= 15 is 0 Å². The monoisotopic (exact) mass is 182 g/mol. The van der Waals surface area contributed by atoms with Gasteiger partial charge in [-0.15, -0.1) is 0 Å². The molecule has 0 bridgehead atoms. The van der Waals surface area contributed by atoms with Crippen molar-refractivity contribution in [3.05, 3.63) is 11.8 Å². The molecule has 0 aliphatic carbocycles. The Balaban J connectivity index is 2.53. The molecule has 1 heterocycles. The molecule has 1 fully saturated rings. The summed E-state index contributed by atoms with van der Waals surface area (Å²) in [6, 6.07) is -0.383. The highest BCUT2D eigenvalue weighted by molar-refractivity contribution is 5.95. The van der Waals surface area contributed by atoms with Gasteiger partial charge in [-0.3, -0.25) is 4.79 Å². The van der Waals surface area contributed by atoms with Crippen molar-refractivity contribution in [3.63, 3.8) is 0 Å². The van der Waals surface area contributed by atoms with Gasteiger partial charge in [0.1, 0.15) is 12.3 Å². The summed E-state index contributed by atoms with van der Waals surface area (Å²) in [5.41, 5.74) is 0.583. The van der Waals surface area contributed by atoms with Gasteiger partial charge < -0.3 is 15.4 Å². The topological polar surface area (TPSA) is 58.2 Å². The molecular weight excluding hydrogens is 168 g/mol. The van der Waals surface area contributed by atoms with Gasteiger partial charge in [0.15, 0.2) is 0 Å². The fourth-order valence-corrected chi connectivity index (χ4v) is 1.13. The molecule has 0 aromatic carbocycles. The molecule has 4 nitrogen and oxygen atoms in total. The van der Waals surface area contributed by atoms with Crippen molar-refractivity contribution < 1.29 is 9.59 Å².